The zero-order valence-electron chi connectivity index (χ0n) is 11.9. The van der Waals surface area contributed by atoms with Crippen LogP contribution in [0.4, 0.5) is 5.69 Å². The largest absolute Gasteiger partial charge is 0.398 e. The Bertz CT molecular complexity index is 602. The molecule has 0 saturated carbocycles. The number of halogens is 1. The number of sulfonamides is 1. The number of nitrogens with zero attached hydrogens (tertiary/aromatic N) is 1. The van der Waals surface area contributed by atoms with Gasteiger partial charge in [-0.05, 0) is 24.6 Å². The number of thioether (sulfide) groups is 1. The first-order valence-electron chi connectivity index (χ1n) is 6.75. The molecule has 8 heteroatoms. The topological polar surface area (TPSA) is 75.4 Å². The maximum Gasteiger partial charge on any atom is 0.241 e. The summed E-state index contributed by atoms with van der Waals surface area (Å²) in [4.78, 5) is 2.42. The molecule has 118 valence electrons. The van der Waals surface area contributed by atoms with Crippen LogP contribution in [0.1, 0.15) is 5.56 Å². The molecule has 2 rings (SSSR count). The predicted molar refractivity (Wildman–Crippen MR) is 89.6 cm³/mol. The minimum Gasteiger partial charge on any atom is -0.398 e. The molecular weight excluding hydrogens is 330 g/mol. The molecule has 1 aromatic rings. The minimum atomic E-state index is -3.58. The number of nitrogen functional groups attached to an aromatic ring is 1. The molecule has 21 heavy (non-hydrogen) atoms. The Kier molecular flexibility index (Phi) is 5.79. The summed E-state index contributed by atoms with van der Waals surface area (Å²) < 4.78 is 27.3. The quantitative estimate of drug-likeness (QED) is 0.789. The first-order chi connectivity index (χ1) is 9.90. The Labute approximate surface area is 135 Å². The first-order valence-corrected chi connectivity index (χ1v) is 9.77. The van der Waals surface area contributed by atoms with E-state index in [1.165, 1.54) is 6.07 Å². The molecule has 0 aliphatic carbocycles. The molecule has 0 unspecified atom stereocenters. The number of benzene rings is 1. The van der Waals surface area contributed by atoms with Gasteiger partial charge in [0, 0.05) is 48.4 Å². The molecule has 0 bridgehead atoms. The van der Waals surface area contributed by atoms with Crippen molar-refractivity contribution < 1.29 is 8.42 Å². The van der Waals surface area contributed by atoms with Crippen LogP contribution in [-0.4, -0.2) is 51.0 Å². The highest BCUT2D eigenvalue weighted by atomic mass is 35.5. The van der Waals surface area contributed by atoms with Gasteiger partial charge in [0.25, 0.3) is 0 Å². The van der Waals surface area contributed by atoms with E-state index in [4.69, 9.17) is 17.3 Å². The number of hydrogen-bond donors (Lipinski definition) is 2. The summed E-state index contributed by atoms with van der Waals surface area (Å²) in [5, 5.41) is 0.325. The molecule has 0 spiro atoms. The summed E-state index contributed by atoms with van der Waals surface area (Å²) in [6, 6.07) is 2.99. The van der Waals surface area contributed by atoms with Gasteiger partial charge >= 0.3 is 0 Å². The highest BCUT2D eigenvalue weighted by Crippen LogP contribution is 2.25. The van der Waals surface area contributed by atoms with Crippen molar-refractivity contribution in [3.63, 3.8) is 0 Å². The smallest absolute Gasteiger partial charge is 0.241 e. The molecule has 0 atom stereocenters. The lowest BCUT2D eigenvalue weighted by Gasteiger charge is -2.26. The van der Waals surface area contributed by atoms with Crippen LogP contribution in [0, 0.1) is 6.92 Å². The minimum absolute atomic E-state index is 0.154. The second-order valence-electron chi connectivity index (χ2n) is 4.97. The summed E-state index contributed by atoms with van der Waals surface area (Å²) in [5.74, 6) is 2.22. The van der Waals surface area contributed by atoms with E-state index in [1.54, 1.807) is 13.0 Å². The molecule has 5 nitrogen and oxygen atoms in total. The highest BCUT2D eigenvalue weighted by molar-refractivity contribution is 7.99. The van der Waals surface area contributed by atoms with E-state index in [9.17, 15) is 8.42 Å². The third-order valence-corrected chi connectivity index (χ3v) is 6.23. The van der Waals surface area contributed by atoms with Gasteiger partial charge in [0.05, 0.1) is 4.90 Å². The fourth-order valence-electron chi connectivity index (χ4n) is 2.19. The normalized spacial score (nSPS) is 17.0. The number of anilines is 1. The zero-order chi connectivity index (χ0) is 15.5. The van der Waals surface area contributed by atoms with E-state index in [2.05, 4.69) is 9.62 Å². The van der Waals surface area contributed by atoms with Crippen molar-refractivity contribution >= 4 is 39.1 Å². The highest BCUT2D eigenvalue weighted by Gasteiger charge is 2.19. The van der Waals surface area contributed by atoms with Crippen LogP contribution in [0.5, 0.6) is 0 Å². The third-order valence-electron chi connectivity index (χ3n) is 3.48. The van der Waals surface area contributed by atoms with Crippen molar-refractivity contribution in [1.82, 2.24) is 9.62 Å². The molecule has 1 aromatic carbocycles. The number of nitrogens with one attached hydrogen (secondary N) is 1. The van der Waals surface area contributed by atoms with Crippen LogP contribution >= 0.6 is 23.4 Å². The van der Waals surface area contributed by atoms with Crippen LogP contribution in [0.2, 0.25) is 5.02 Å². The number of hydrogen-bond acceptors (Lipinski definition) is 5. The summed E-state index contributed by atoms with van der Waals surface area (Å²) >= 11 is 7.83. The van der Waals surface area contributed by atoms with Gasteiger partial charge in [0.2, 0.25) is 10.0 Å². The van der Waals surface area contributed by atoms with E-state index in [1.807, 2.05) is 11.8 Å². The molecule has 1 heterocycles. The molecule has 1 aliphatic rings. The summed E-state index contributed by atoms with van der Waals surface area (Å²) in [6.45, 7) is 4.81. The molecule has 1 aliphatic heterocycles. The van der Waals surface area contributed by atoms with Crippen molar-refractivity contribution in [3.05, 3.63) is 22.7 Å². The number of rotatable bonds is 5. The van der Waals surface area contributed by atoms with Crippen molar-refractivity contribution in [1.29, 1.82) is 0 Å². The predicted octanol–water partition coefficient (Wildman–Crippen LogP) is 1.56. The maximum atomic E-state index is 12.4. The van der Waals surface area contributed by atoms with Gasteiger partial charge in [-0.3, -0.25) is 0 Å². The molecule has 1 saturated heterocycles. The molecule has 0 amide bonds. The lowest BCUT2D eigenvalue weighted by atomic mass is 10.2. The van der Waals surface area contributed by atoms with E-state index < -0.39 is 10.0 Å². The zero-order valence-corrected chi connectivity index (χ0v) is 14.3. The standard InChI is InChI=1S/C13H20ClN3O2S2/c1-10-12(15)8-11(14)9-13(10)21(18,19)16-2-3-17-4-6-20-7-5-17/h8-9,16H,2-7,15H2,1H3. The summed E-state index contributed by atoms with van der Waals surface area (Å²) in [5.41, 5.74) is 6.69. The van der Waals surface area contributed by atoms with Crippen LogP contribution in [0.3, 0.4) is 0 Å². The Morgan fingerprint density at radius 2 is 2.05 bits per heavy atom. The van der Waals surface area contributed by atoms with E-state index in [0.717, 1.165) is 31.1 Å². The SMILES string of the molecule is Cc1c(N)cc(Cl)cc1S(=O)(=O)NCCN1CCSCC1. The maximum absolute atomic E-state index is 12.4. The van der Waals surface area contributed by atoms with Crippen molar-refractivity contribution in [3.8, 4) is 0 Å². The fraction of sp³-hybridized carbons (Fsp3) is 0.538. The van der Waals surface area contributed by atoms with Gasteiger partial charge < -0.3 is 10.6 Å². The van der Waals surface area contributed by atoms with Gasteiger partial charge in [0.1, 0.15) is 0 Å². The summed E-state index contributed by atoms with van der Waals surface area (Å²) in [7, 11) is -3.58. The Balaban J connectivity index is 2.01. The van der Waals surface area contributed by atoms with E-state index >= 15 is 0 Å². The van der Waals surface area contributed by atoms with Gasteiger partial charge in [-0.2, -0.15) is 11.8 Å². The molecule has 0 radical (unpaired) electrons. The molecule has 0 aromatic heterocycles. The second kappa shape index (κ2) is 7.19. The molecular formula is C13H20ClN3O2S2. The monoisotopic (exact) mass is 349 g/mol. The van der Waals surface area contributed by atoms with Gasteiger partial charge in [-0.1, -0.05) is 11.6 Å². The first kappa shape index (κ1) is 16.9. The molecule has 1 fully saturated rings. The third kappa shape index (κ3) is 4.50. The summed E-state index contributed by atoms with van der Waals surface area (Å²) in [6.07, 6.45) is 0. The van der Waals surface area contributed by atoms with Gasteiger partial charge in [-0.15, -0.1) is 0 Å². The van der Waals surface area contributed by atoms with Gasteiger partial charge in [-0.25, -0.2) is 13.1 Å². The van der Waals surface area contributed by atoms with E-state index in [0.29, 0.717) is 22.8 Å². The van der Waals surface area contributed by atoms with E-state index in [-0.39, 0.29) is 4.90 Å². The van der Waals surface area contributed by atoms with Crippen LogP contribution < -0.4 is 10.5 Å². The molecule has 3 N–H and O–H groups in total. The number of nitrogens with two attached hydrogens (primary N) is 1. The average Bonchev–Trinajstić information content (AvgIpc) is 2.43. The average molecular weight is 350 g/mol. The fourth-order valence-corrected chi connectivity index (χ4v) is 4.78. The Morgan fingerprint density at radius 3 is 2.71 bits per heavy atom. The van der Waals surface area contributed by atoms with Gasteiger partial charge in [0.15, 0.2) is 0 Å². The lowest BCUT2D eigenvalue weighted by Crippen LogP contribution is -2.39. The van der Waals surface area contributed by atoms with Crippen LogP contribution in [-0.2, 0) is 10.0 Å². The van der Waals surface area contributed by atoms with Crippen molar-refractivity contribution in [2.45, 2.75) is 11.8 Å². The van der Waals surface area contributed by atoms with Crippen molar-refractivity contribution in [2.24, 2.45) is 0 Å². The van der Waals surface area contributed by atoms with Crippen LogP contribution in [0.25, 0.3) is 0 Å². The van der Waals surface area contributed by atoms with Crippen molar-refractivity contribution in [2.75, 3.05) is 43.4 Å². The second-order valence-corrected chi connectivity index (χ2v) is 8.37. The lowest BCUT2D eigenvalue weighted by molar-refractivity contribution is 0.307. The Morgan fingerprint density at radius 1 is 1.38 bits per heavy atom. The van der Waals surface area contributed by atoms with Crippen LogP contribution in [0.15, 0.2) is 17.0 Å². The Hall–Kier alpha value is -0.470.